The van der Waals surface area contributed by atoms with Crippen molar-refractivity contribution in [3.8, 4) is 16.9 Å². The van der Waals surface area contributed by atoms with Crippen LogP contribution >= 0.6 is 23.4 Å². The molecule has 0 saturated carbocycles. The zero-order chi connectivity index (χ0) is 23.3. The molecule has 9 nitrogen and oxygen atoms in total. The van der Waals surface area contributed by atoms with E-state index in [2.05, 4.69) is 15.3 Å². The average Bonchev–Trinajstić information content (AvgIpc) is 2.78. The van der Waals surface area contributed by atoms with E-state index in [1.807, 2.05) is 19.1 Å². The van der Waals surface area contributed by atoms with Gasteiger partial charge in [0, 0.05) is 10.6 Å². The van der Waals surface area contributed by atoms with Gasteiger partial charge >= 0.3 is 0 Å². The van der Waals surface area contributed by atoms with Crippen LogP contribution in [0, 0.1) is 10.1 Å². The maximum atomic E-state index is 12.4. The molecule has 0 saturated heterocycles. The molecule has 0 aliphatic carbocycles. The van der Waals surface area contributed by atoms with Crippen LogP contribution < -0.4 is 15.8 Å². The Morgan fingerprint density at radius 3 is 2.59 bits per heavy atom. The van der Waals surface area contributed by atoms with Gasteiger partial charge in [0.05, 0.1) is 29.5 Å². The number of nitrogens with zero attached hydrogens (tertiary/aromatic N) is 3. The van der Waals surface area contributed by atoms with Crippen LogP contribution in [0.4, 0.5) is 17.2 Å². The fraction of sp³-hybridized carbons (Fsp3) is 0.190. The van der Waals surface area contributed by atoms with Gasteiger partial charge in [0.1, 0.15) is 17.3 Å². The van der Waals surface area contributed by atoms with Crippen LogP contribution in [0.1, 0.15) is 12.6 Å². The van der Waals surface area contributed by atoms with E-state index in [-0.39, 0.29) is 17.1 Å². The number of aryl methyl sites for hydroxylation is 1. The van der Waals surface area contributed by atoms with E-state index in [0.717, 1.165) is 28.6 Å². The van der Waals surface area contributed by atoms with Crippen LogP contribution in [0.3, 0.4) is 0 Å². The van der Waals surface area contributed by atoms with Gasteiger partial charge in [-0.1, -0.05) is 42.4 Å². The third kappa shape index (κ3) is 5.45. The molecule has 0 fully saturated rings. The Bertz CT molecular complexity index is 1160. The highest BCUT2D eigenvalue weighted by molar-refractivity contribution is 7.99. The Labute approximate surface area is 193 Å². The van der Waals surface area contributed by atoms with Crippen molar-refractivity contribution in [3.63, 3.8) is 0 Å². The Morgan fingerprint density at radius 1 is 1.25 bits per heavy atom. The summed E-state index contributed by atoms with van der Waals surface area (Å²) in [7, 11) is 1.41. The SMILES string of the molecule is CCc1nc(SCC(=O)Nc2ccc(OC)cc2[N+](=O)[O-])nc(N)c1-c1ccc(Cl)cc1. The summed E-state index contributed by atoms with van der Waals surface area (Å²) in [5, 5.41) is 14.8. The highest BCUT2D eigenvalue weighted by atomic mass is 35.5. The fourth-order valence-electron chi connectivity index (χ4n) is 2.97. The zero-order valence-corrected chi connectivity index (χ0v) is 18.9. The molecule has 0 aliphatic heterocycles. The number of nitrogen functional groups attached to an aromatic ring is 1. The van der Waals surface area contributed by atoms with E-state index < -0.39 is 10.8 Å². The quantitative estimate of drug-likeness (QED) is 0.210. The number of hydrogen-bond donors (Lipinski definition) is 2. The lowest BCUT2D eigenvalue weighted by molar-refractivity contribution is -0.384. The lowest BCUT2D eigenvalue weighted by Gasteiger charge is -2.12. The molecule has 32 heavy (non-hydrogen) atoms. The minimum absolute atomic E-state index is 0.0495. The van der Waals surface area contributed by atoms with Crippen LogP contribution in [0.5, 0.6) is 5.75 Å². The van der Waals surface area contributed by atoms with Gasteiger partial charge in [-0.05, 0) is 36.2 Å². The number of ether oxygens (including phenoxy) is 1. The number of nitrogens with one attached hydrogen (secondary N) is 1. The first-order valence-electron chi connectivity index (χ1n) is 9.49. The van der Waals surface area contributed by atoms with Gasteiger partial charge < -0.3 is 15.8 Å². The fourth-order valence-corrected chi connectivity index (χ4v) is 3.76. The number of methoxy groups -OCH3 is 1. The van der Waals surface area contributed by atoms with Crippen molar-refractivity contribution in [2.24, 2.45) is 0 Å². The summed E-state index contributed by atoms with van der Waals surface area (Å²) in [5.74, 6) is 0.130. The number of nitrogens with two attached hydrogens (primary N) is 1. The Morgan fingerprint density at radius 2 is 1.97 bits per heavy atom. The zero-order valence-electron chi connectivity index (χ0n) is 17.3. The number of anilines is 2. The van der Waals surface area contributed by atoms with Crippen LogP contribution in [0.2, 0.25) is 5.02 Å². The van der Waals surface area contributed by atoms with Gasteiger partial charge in [-0.15, -0.1) is 0 Å². The molecule has 3 N–H and O–H groups in total. The molecule has 1 amide bonds. The topological polar surface area (TPSA) is 133 Å². The molecule has 0 bridgehead atoms. The first kappa shape index (κ1) is 23.3. The summed E-state index contributed by atoms with van der Waals surface area (Å²) < 4.78 is 4.99. The van der Waals surface area contributed by atoms with Gasteiger partial charge in [0.15, 0.2) is 5.16 Å². The molecule has 0 spiro atoms. The highest BCUT2D eigenvalue weighted by Crippen LogP contribution is 2.32. The maximum absolute atomic E-state index is 12.4. The smallest absolute Gasteiger partial charge is 0.296 e. The minimum Gasteiger partial charge on any atom is -0.496 e. The average molecular weight is 474 g/mol. The monoisotopic (exact) mass is 473 g/mol. The number of hydrogen-bond acceptors (Lipinski definition) is 8. The number of nitro groups is 1. The van der Waals surface area contributed by atoms with Crippen molar-refractivity contribution in [2.45, 2.75) is 18.5 Å². The Kier molecular flexibility index (Phi) is 7.49. The van der Waals surface area contributed by atoms with E-state index in [4.69, 9.17) is 22.1 Å². The number of carbonyl (C=O) groups is 1. The molecular formula is C21H20ClN5O4S. The standard InChI is InChI=1S/C21H20ClN5O4S/c1-3-15-19(12-4-6-13(22)7-5-12)20(23)26-21(25-15)32-11-18(28)24-16-9-8-14(31-2)10-17(16)27(29)30/h4-10H,3,11H2,1-2H3,(H,24,28)(H2,23,25,26). The molecular weight excluding hydrogens is 454 g/mol. The van der Waals surface area contributed by atoms with E-state index >= 15 is 0 Å². The van der Waals surface area contributed by atoms with Crippen LogP contribution in [0.15, 0.2) is 47.6 Å². The summed E-state index contributed by atoms with van der Waals surface area (Å²) in [6, 6.07) is 11.4. The lowest BCUT2D eigenvalue weighted by atomic mass is 10.0. The molecule has 1 heterocycles. The van der Waals surface area contributed by atoms with Crippen molar-refractivity contribution in [3.05, 3.63) is 63.3 Å². The number of thioether (sulfide) groups is 1. The van der Waals surface area contributed by atoms with Gasteiger partial charge in [-0.2, -0.15) is 0 Å². The van der Waals surface area contributed by atoms with Gasteiger partial charge in [-0.25, -0.2) is 9.97 Å². The van der Waals surface area contributed by atoms with Crippen LogP contribution in [-0.4, -0.2) is 33.7 Å². The molecule has 0 radical (unpaired) electrons. The largest absolute Gasteiger partial charge is 0.496 e. The van der Waals surface area contributed by atoms with Gasteiger partial charge in [0.25, 0.3) is 5.69 Å². The molecule has 3 rings (SSSR count). The Hall–Kier alpha value is -3.37. The van der Waals surface area contributed by atoms with E-state index in [1.54, 1.807) is 12.1 Å². The summed E-state index contributed by atoms with van der Waals surface area (Å²) >= 11 is 7.05. The molecule has 0 unspecified atom stereocenters. The normalized spacial score (nSPS) is 10.6. The molecule has 2 aromatic carbocycles. The number of nitro benzene ring substituents is 1. The second-order valence-corrected chi connectivity index (χ2v) is 7.93. The predicted octanol–water partition coefficient (Wildman–Crippen LogP) is 4.59. The number of carbonyl (C=O) groups excluding carboxylic acids is 1. The number of halogens is 1. The summed E-state index contributed by atoms with van der Waals surface area (Å²) in [5.41, 5.74) is 8.34. The lowest BCUT2D eigenvalue weighted by Crippen LogP contribution is -2.15. The summed E-state index contributed by atoms with van der Waals surface area (Å²) in [6.07, 6.45) is 0.614. The molecule has 0 atom stereocenters. The summed E-state index contributed by atoms with van der Waals surface area (Å²) in [6.45, 7) is 1.95. The van der Waals surface area contributed by atoms with Crippen molar-refractivity contribution < 1.29 is 14.5 Å². The van der Waals surface area contributed by atoms with Gasteiger partial charge in [-0.3, -0.25) is 14.9 Å². The first-order valence-corrected chi connectivity index (χ1v) is 10.9. The number of amides is 1. The summed E-state index contributed by atoms with van der Waals surface area (Å²) in [4.78, 5) is 31.9. The van der Waals surface area contributed by atoms with E-state index in [0.29, 0.717) is 28.2 Å². The molecule has 0 aliphatic rings. The highest BCUT2D eigenvalue weighted by Gasteiger charge is 2.18. The van der Waals surface area contributed by atoms with Crippen molar-refractivity contribution in [1.82, 2.24) is 9.97 Å². The maximum Gasteiger partial charge on any atom is 0.296 e. The molecule has 11 heteroatoms. The van der Waals surface area contributed by atoms with Crippen LogP contribution in [-0.2, 0) is 11.2 Å². The molecule has 3 aromatic rings. The minimum atomic E-state index is -0.585. The number of aromatic nitrogens is 2. The number of benzene rings is 2. The van der Waals surface area contributed by atoms with E-state index in [1.165, 1.54) is 25.3 Å². The van der Waals surface area contributed by atoms with E-state index in [9.17, 15) is 14.9 Å². The molecule has 1 aromatic heterocycles. The first-order chi connectivity index (χ1) is 15.3. The second kappa shape index (κ2) is 10.3. The van der Waals surface area contributed by atoms with Crippen molar-refractivity contribution in [1.29, 1.82) is 0 Å². The number of rotatable bonds is 8. The van der Waals surface area contributed by atoms with Crippen molar-refractivity contribution in [2.75, 3.05) is 23.9 Å². The predicted molar refractivity (Wildman–Crippen MR) is 125 cm³/mol. The molecule has 166 valence electrons. The Balaban J connectivity index is 1.75. The van der Waals surface area contributed by atoms with Gasteiger partial charge in [0.2, 0.25) is 5.91 Å². The second-order valence-electron chi connectivity index (χ2n) is 6.55. The third-order valence-corrected chi connectivity index (χ3v) is 5.57. The van der Waals surface area contributed by atoms with Crippen LogP contribution in [0.25, 0.3) is 11.1 Å². The van der Waals surface area contributed by atoms with Crippen molar-refractivity contribution >= 4 is 46.5 Å². The third-order valence-electron chi connectivity index (χ3n) is 4.47.